The number of carboxylic acid groups (broad SMARTS) is 1. The van der Waals surface area contributed by atoms with E-state index in [9.17, 15) is 9.90 Å². The van der Waals surface area contributed by atoms with Gasteiger partial charge in [0.15, 0.2) is 0 Å². The van der Waals surface area contributed by atoms with Crippen molar-refractivity contribution in [1.29, 1.82) is 0 Å². The monoisotopic (exact) mass is 335 g/mol. The van der Waals surface area contributed by atoms with Crippen molar-refractivity contribution in [2.75, 3.05) is 0 Å². The van der Waals surface area contributed by atoms with Crippen LogP contribution in [0.3, 0.4) is 0 Å². The minimum Gasteiger partial charge on any atom is -0.489 e. The van der Waals surface area contributed by atoms with Crippen molar-refractivity contribution in [3.05, 3.63) is 77.0 Å². The van der Waals surface area contributed by atoms with Crippen LogP contribution in [-0.2, 0) is 13.7 Å². The minimum absolute atomic E-state index is 0.335. The average Bonchev–Trinajstić information content (AvgIpc) is 2.89. The highest BCUT2D eigenvalue weighted by molar-refractivity contribution is 5.92. The van der Waals surface area contributed by atoms with E-state index >= 15 is 0 Å². The molecule has 0 bridgehead atoms. The zero-order valence-corrected chi connectivity index (χ0v) is 14.6. The molecule has 1 N–H and O–H groups in total. The van der Waals surface area contributed by atoms with Gasteiger partial charge in [-0.15, -0.1) is 0 Å². The highest BCUT2D eigenvalue weighted by Crippen LogP contribution is 2.32. The number of benzene rings is 2. The van der Waals surface area contributed by atoms with Crippen molar-refractivity contribution < 1.29 is 14.6 Å². The molecule has 0 spiro atoms. The Labute approximate surface area is 147 Å². The maximum absolute atomic E-state index is 11.3. The van der Waals surface area contributed by atoms with Gasteiger partial charge in [0.2, 0.25) is 0 Å². The highest BCUT2D eigenvalue weighted by Gasteiger charge is 2.18. The number of hydrogen-bond donors (Lipinski definition) is 1. The van der Waals surface area contributed by atoms with Gasteiger partial charge >= 0.3 is 5.97 Å². The Balaban J connectivity index is 1.87. The van der Waals surface area contributed by atoms with Crippen molar-refractivity contribution in [1.82, 2.24) is 4.57 Å². The second-order valence-corrected chi connectivity index (χ2v) is 6.18. The van der Waals surface area contributed by atoms with Crippen molar-refractivity contribution in [2.45, 2.75) is 20.5 Å². The largest absolute Gasteiger partial charge is 0.489 e. The number of aromatic nitrogens is 1. The van der Waals surface area contributed by atoms with Crippen LogP contribution in [0.2, 0.25) is 0 Å². The Bertz CT molecular complexity index is 910. The predicted octanol–water partition coefficient (Wildman–Crippen LogP) is 4.59. The van der Waals surface area contributed by atoms with Gasteiger partial charge in [0.25, 0.3) is 0 Å². The summed E-state index contributed by atoms with van der Waals surface area (Å²) in [7, 11) is 1.87. The van der Waals surface area contributed by atoms with E-state index in [1.54, 1.807) is 6.20 Å². The Kier molecular flexibility index (Phi) is 4.61. The van der Waals surface area contributed by atoms with Crippen LogP contribution in [0, 0.1) is 13.8 Å². The lowest BCUT2D eigenvalue weighted by atomic mass is 10.0. The zero-order valence-electron chi connectivity index (χ0n) is 14.6. The third-order valence-corrected chi connectivity index (χ3v) is 4.37. The van der Waals surface area contributed by atoms with Gasteiger partial charge in [0.1, 0.15) is 12.4 Å². The minimum atomic E-state index is -0.903. The van der Waals surface area contributed by atoms with Crippen LogP contribution < -0.4 is 4.74 Å². The molecular weight excluding hydrogens is 314 g/mol. The molecule has 0 unspecified atom stereocenters. The van der Waals surface area contributed by atoms with Crippen LogP contribution in [0.1, 0.15) is 27.0 Å². The molecule has 1 aromatic heterocycles. The summed E-state index contributed by atoms with van der Waals surface area (Å²) in [4.78, 5) is 11.3. The molecule has 0 aliphatic heterocycles. The lowest BCUT2D eigenvalue weighted by Gasteiger charge is -2.12. The maximum atomic E-state index is 11.3. The Morgan fingerprint density at radius 2 is 1.84 bits per heavy atom. The summed E-state index contributed by atoms with van der Waals surface area (Å²) >= 11 is 0. The van der Waals surface area contributed by atoms with E-state index in [0.717, 1.165) is 33.7 Å². The first-order valence-corrected chi connectivity index (χ1v) is 8.14. The molecule has 2 aromatic carbocycles. The van der Waals surface area contributed by atoms with E-state index in [2.05, 4.69) is 0 Å². The predicted molar refractivity (Wildman–Crippen MR) is 98.1 cm³/mol. The molecular formula is C21H21NO3. The van der Waals surface area contributed by atoms with Gasteiger partial charge in [-0.1, -0.05) is 30.3 Å². The summed E-state index contributed by atoms with van der Waals surface area (Å²) in [5, 5.41) is 9.31. The number of nitrogens with zero attached hydrogens (tertiary/aromatic N) is 1. The van der Waals surface area contributed by atoms with E-state index in [0.29, 0.717) is 12.2 Å². The molecule has 0 aliphatic rings. The first-order chi connectivity index (χ1) is 12.0. The topological polar surface area (TPSA) is 51.5 Å². The van der Waals surface area contributed by atoms with Gasteiger partial charge in [-0.3, -0.25) is 0 Å². The normalized spacial score (nSPS) is 10.7. The third-order valence-electron chi connectivity index (χ3n) is 4.37. The number of hydrogen-bond acceptors (Lipinski definition) is 2. The summed E-state index contributed by atoms with van der Waals surface area (Å²) in [6.07, 6.45) is 1.66. The van der Waals surface area contributed by atoms with Crippen LogP contribution in [0.5, 0.6) is 5.75 Å². The summed E-state index contributed by atoms with van der Waals surface area (Å²) in [5.41, 5.74) is 5.21. The fraction of sp³-hybridized carbons (Fsp3) is 0.190. The van der Waals surface area contributed by atoms with Crippen LogP contribution in [0.25, 0.3) is 11.3 Å². The summed E-state index contributed by atoms with van der Waals surface area (Å²) in [5.74, 6) is -0.102. The number of carbonyl (C=O) groups is 1. The van der Waals surface area contributed by atoms with Crippen molar-refractivity contribution >= 4 is 5.97 Å². The van der Waals surface area contributed by atoms with E-state index < -0.39 is 5.97 Å². The molecule has 0 atom stereocenters. The van der Waals surface area contributed by atoms with Crippen molar-refractivity contribution in [3.63, 3.8) is 0 Å². The molecule has 0 fully saturated rings. The lowest BCUT2D eigenvalue weighted by Crippen LogP contribution is -1.98. The zero-order chi connectivity index (χ0) is 18.0. The standard InChI is InChI=1S/C21H21NO3/c1-14-11-17(25-13-16-7-5-4-6-8-16)9-10-18(14)20-15(2)19(21(23)24)12-22(20)3/h4-12H,13H2,1-3H3,(H,23,24). The first kappa shape index (κ1) is 16.8. The third kappa shape index (κ3) is 3.43. The quantitative estimate of drug-likeness (QED) is 0.742. The van der Waals surface area contributed by atoms with Crippen LogP contribution >= 0.6 is 0 Å². The molecule has 4 heteroatoms. The van der Waals surface area contributed by atoms with Crippen molar-refractivity contribution in [2.24, 2.45) is 7.05 Å². The van der Waals surface area contributed by atoms with Gasteiger partial charge in [0.05, 0.1) is 11.3 Å². The number of rotatable bonds is 5. The Hall–Kier alpha value is -3.01. The van der Waals surface area contributed by atoms with E-state index in [4.69, 9.17) is 4.74 Å². The second-order valence-electron chi connectivity index (χ2n) is 6.18. The summed E-state index contributed by atoms with van der Waals surface area (Å²) in [6.45, 7) is 4.38. The molecule has 0 amide bonds. The SMILES string of the molecule is Cc1cc(OCc2ccccc2)ccc1-c1c(C)c(C(=O)O)cn1C. The number of aromatic carboxylic acids is 1. The van der Waals surface area contributed by atoms with Gasteiger partial charge in [-0.2, -0.15) is 0 Å². The summed E-state index contributed by atoms with van der Waals surface area (Å²) < 4.78 is 7.73. The Morgan fingerprint density at radius 1 is 1.12 bits per heavy atom. The van der Waals surface area contributed by atoms with Gasteiger partial charge < -0.3 is 14.4 Å². The lowest BCUT2D eigenvalue weighted by molar-refractivity contribution is 0.0696. The molecule has 4 nitrogen and oxygen atoms in total. The highest BCUT2D eigenvalue weighted by atomic mass is 16.5. The molecule has 1 heterocycles. The van der Waals surface area contributed by atoms with Crippen LogP contribution in [0.4, 0.5) is 0 Å². The van der Waals surface area contributed by atoms with E-state index in [1.807, 2.05) is 74.0 Å². The molecule has 0 radical (unpaired) electrons. The molecule has 3 aromatic rings. The molecule has 0 saturated heterocycles. The molecule has 3 rings (SSSR count). The van der Waals surface area contributed by atoms with Gasteiger partial charge in [-0.05, 0) is 48.7 Å². The van der Waals surface area contributed by atoms with Gasteiger partial charge in [0, 0.05) is 18.8 Å². The van der Waals surface area contributed by atoms with Crippen molar-refractivity contribution in [3.8, 4) is 17.0 Å². The first-order valence-electron chi connectivity index (χ1n) is 8.14. The van der Waals surface area contributed by atoms with E-state index in [1.165, 1.54) is 0 Å². The number of carboxylic acids is 1. The summed E-state index contributed by atoms with van der Waals surface area (Å²) in [6, 6.07) is 15.9. The Morgan fingerprint density at radius 3 is 2.44 bits per heavy atom. The van der Waals surface area contributed by atoms with Crippen LogP contribution in [0.15, 0.2) is 54.7 Å². The smallest absolute Gasteiger partial charge is 0.337 e. The average molecular weight is 335 g/mol. The fourth-order valence-corrected chi connectivity index (χ4v) is 3.09. The molecule has 0 aliphatic carbocycles. The number of aryl methyl sites for hydroxylation is 2. The van der Waals surface area contributed by atoms with Gasteiger partial charge in [-0.25, -0.2) is 4.79 Å². The fourth-order valence-electron chi connectivity index (χ4n) is 3.09. The van der Waals surface area contributed by atoms with E-state index in [-0.39, 0.29) is 0 Å². The van der Waals surface area contributed by atoms with Crippen LogP contribution in [-0.4, -0.2) is 15.6 Å². The number of ether oxygens (including phenoxy) is 1. The second kappa shape index (κ2) is 6.85. The molecule has 128 valence electrons. The molecule has 25 heavy (non-hydrogen) atoms. The maximum Gasteiger partial charge on any atom is 0.337 e. The molecule has 0 saturated carbocycles.